The molecule has 1 atom stereocenters. The molecule has 0 radical (unpaired) electrons. The third-order valence-corrected chi connectivity index (χ3v) is 5.10. The number of aromatic nitrogens is 1. The molecule has 1 saturated heterocycles. The highest BCUT2D eigenvalue weighted by atomic mass is 32.1. The second-order valence-electron chi connectivity index (χ2n) is 5.55. The molecule has 0 spiro atoms. The van der Waals surface area contributed by atoms with Crippen LogP contribution in [0.4, 0.5) is 5.82 Å². The van der Waals surface area contributed by atoms with Crippen molar-refractivity contribution in [3.8, 4) is 0 Å². The van der Waals surface area contributed by atoms with E-state index in [0.717, 1.165) is 31.6 Å². The van der Waals surface area contributed by atoms with Crippen molar-refractivity contribution in [3.05, 3.63) is 46.3 Å². The number of thiophene rings is 1. The van der Waals surface area contributed by atoms with E-state index < -0.39 is 0 Å². The third-order valence-electron chi connectivity index (χ3n) is 4.16. The molecule has 1 N–H and O–H groups in total. The van der Waals surface area contributed by atoms with E-state index in [-0.39, 0.29) is 11.9 Å². The van der Waals surface area contributed by atoms with Gasteiger partial charge in [0.1, 0.15) is 5.82 Å². The molecular formula is C17H21N3OS. The summed E-state index contributed by atoms with van der Waals surface area (Å²) in [5, 5.41) is 5.13. The molecule has 3 heterocycles. The maximum atomic E-state index is 12.6. The maximum Gasteiger partial charge on any atom is 0.223 e. The fraction of sp³-hybridized carbons (Fsp3) is 0.412. The predicted octanol–water partition coefficient (Wildman–Crippen LogP) is 3.48. The number of carbonyl (C=O) groups excluding carboxylic acids is 1. The van der Waals surface area contributed by atoms with Crippen LogP contribution in [0.15, 0.2) is 35.8 Å². The van der Waals surface area contributed by atoms with Crippen molar-refractivity contribution in [1.29, 1.82) is 0 Å². The molecule has 1 aliphatic rings. The van der Waals surface area contributed by atoms with Crippen LogP contribution in [0.2, 0.25) is 0 Å². The fourth-order valence-electron chi connectivity index (χ4n) is 3.03. The van der Waals surface area contributed by atoms with Crippen molar-refractivity contribution in [2.45, 2.75) is 31.7 Å². The summed E-state index contributed by atoms with van der Waals surface area (Å²) in [4.78, 5) is 20.2. The Bertz CT molecular complexity index is 627. The van der Waals surface area contributed by atoms with Gasteiger partial charge in [0.25, 0.3) is 0 Å². The van der Waals surface area contributed by atoms with Gasteiger partial charge in [0.2, 0.25) is 5.91 Å². The molecule has 1 amide bonds. The topological polar surface area (TPSA) is 45.2 Å². The van der Waals surface area contributed by atoms with Gasteiger partial charge in [-0.05, 0) is 48.4 Å². The molecule has 0 aromatic carbocycles. The lowest BCUT2D eigenvalue weighted by molar-refractivity contribution is -0.132. The number of anilines is 1. The molecule has 0 saturated carbocycles. The number of hydrogen-bond acceptors (Lipinski definition) is 4. The molecule has 1 fully saturated rings. The molecule has 2 aromatic heterocycles. The fourth-order valence-corrected chi connectivity index (χ4v) is 3.74. The second-order valence-corrected chi connectivity index (χ2v) is 6.58. The summed E-state index contributed by atoms with van der Waals surface area (Å²) < 4.78 is 0. The first-order valence-corrected chi connectivity index (χ1v) is 8.61. The van der Waals surface area contributed by atoms with E-state index in [1.807, 2.05) is 30.3 Å². The zero-order chi connectivity index (χ0) is 15.4. The van der Waals surface area contributed by atoms with Crippen molar-refractivity contribution in [2.75, 3.05) is 18.9 Å². The van der Waals surface area contributed by atoms with Gasteiger partial charge in [0.05, 0.1) is 6.04 Å². The van der Waals surface area contributed by atoms with Crippen LogP contribution >= 0.6 is 11.3 Å². The average molecular weight is 315 g/mol. The van der Waals surface area contributed by atoms with E-state index in [1.54, 1.807) is 11.3 Å². The Kier molecular flexibility index (Phi) is 4.73. The maximum absolute atomic E-state index is 12.6. The molecule has 22 heavy (non-hydrogen) atoms. The number of amides is 1. The third kappa shape index (κ3) is 3.30. The van der Waals surface area contributed by atoms with Crippen LogP contribution in [0.1, 0.15) is 35.7 Å². The van der Waals surface area contributed by atoms with E-state index in [2.05, 4.69) is 27.8 Å². The summed E-state index contributed by atoms with van der Waals surface area (Å²) in [6.07, 6.45) is 5.37. The Morgan fingerprint density at radius 1 is 1.50 bits per heavy atom. The molecule has 4 nitrogen and oxygen atoms in total. The van der Waals surface area contributed by atoms with E-state index in [9.17, 15) is 4.79 Å². The van der Waals surface area contributed by atoms with Gasteiger partial charge < -0.3 is 10.2 Å². The molecule has 5 heteroatoms. The predicted molar refractivity (Wildman–Crippen MR) is 90.1 cm³/mol. The Labute approximate surface area is 135 Å². The van der Waals surface area contributed by atoms with Gasteiger partial charge >= 0.3 is 0 Å². The molecule has 3 rings (SSSR count). The zero-order valence-electron chi connectivity index (χ0n) is 12.8. The smallest absolute Gasteiger partial charge is 0.223 e. The van der Waals surface area contributed by atoms with Crippen LogP contribution in [0.5, 0.6) is 0 Å². The minimum Gasteiger partial charge on any atom is -0.373 e. The average Bonchev–Trinajstić information content (AvgIpc) is 3.24. The molecule has 0 unspecified atom stereocenters. The summed E-state index contributed by atoms with van der Waals surface area (Å²) >= 11 is 1.72. The van der Waals surface area contributed by atoms with Gasteiger partial charge in [-0.25, -0.2) is 4.98 Å². The Balaban J connectivity index is 1.68. The van der Waals surface area contributed by atoms with Gasteiger partial charge in [-0.2, -0.15) is 0 Å². The lowest BCUT2D eigenvalue weighted by Crippen LogP contribution is -2.30. The van der Waals surface area contributed by atoms with Gasteiger partial charge in [-0.15, -0.1) is 11.3 Å². The molecule has 2 aromatic rings. The number of carbonyl (C=O) groups is 1. The summed E-state index contributed by atoms with van der Waals surface area (Å²) in [7, 11) is 1.87. The van der Waals surface area contributed by atoms with Crippen molar-refractivity contribution >= 4 is 23.1 Å². The number of nitrogens with zero attached hydrogens (tertiary/aromatic N) is 2. The van der Waals surface area contributed by atoms with E-state index in [4.69, 9.17) is 0 Å². The molecule has 0 aliphatic carbocycles. The van der Waals surface area contributed by atoms with Crippen molar-refractivity contribution < 1.29 is 4.79 Å². The molecule has 116 valence electrons. The first-order valence-electron chi connectivity index (χ1n) is 7.73. The standard InChI is InChI=1S/C17H21N3OS/c1-18-16-12-13(8-9-19-16)15-5-2-10-20(15)17(21)7-6-14-4-3-11-22-14/h3-4,8-9,11-12,15H,2,5-7,10H2,1H3,(H,18,19)/t15-/m1/s1. The van der Waals surface area contributed by atoms with Crippen LogP contribution in [0.3, 0.4) is 0 Å². The summed E-state index contributed by atoms with van der Waals surface area (Å²) in [5.74, 6) is 1.12. The lowest BCUT2D eigenvalue weighted by Gasteiger charge is -2.25. The van der Waals surface area contributed by atoms with E-state index >= 15 is 0 Å². The number of rotatable bonds is 5. The van der Waals surface area contributed by atoms with E-state index in [0.29, 0.717) is 6.42 Å². The SMILES string of the molecule is CNc1cc([C@H]2CCCN2C(=O)CCc2cccs2)ccn1. The minimum absolute atomic E-state index is 0.200. The number of likely N-dealkylation sites (tertiary alicyclic amines) is 1. The monoisotopic (exact) mass is 315 g/mol. The lowest BCUT2D eigenvalue weighted by atomic mass is 10.1. The van der Waals surface area contributed by atoms with Crippen molar-refractivity contribution in [3.63, 3.8) is 0 Å². The summed E-state index contributed by atoms with van der Waals surface area (Å²) in [5.41, 5.74) is 1.18. The highest BCUT2D eigenvalue weighted by Gasteiger charge is 2.29. The van der Waals surface area contributed by atoms with Crippen LogP contribution in [-0.4, -0.2) is 29.4 Å². The van der Waals surface area contributed by atoms with Crippen LogP contribution in [0, 0.1) is 0 Å². The van der Waals surface area contributed by atoms with Gasteiger partial charge in [-0.1, -0.05) is 6.07 Å². The molecular weight excluding hydrogens is 294 g/mol. The van der Waals surface area contributed by atoms with Gasteiger partial charge in [0, 0.05) is 31.1 Å². The minimum atomic E-state index is 0.200. The highest BCUT2D eigenvalue weighted by molar-refractivity contribution is 7.09. The Hall–Kier alpha value is -1.88. The Morgan fingerprint density at radius 3 is 3.18 bits per heavy atom. The summed E-state index contributed by atoms with van der Waals surface area (Å²) in [6.45, 7) is 0.866. The zero-order valence-corrected chi connectivity index (χ0v) is 13.6. The van der Waals surface area contributed by atoms with Crippen LogP contribution in [0.25, 0.3) is 0 Å². The number of aryl methyl sites for hydroxylation is 1. The van der Waals surface area contributed by atoms with Crippen LogP contribution < -0.4 is 5.32 Å². The molecule has 1 aliphatic heterocycles. The van der Waals surface area contributed by atoms with Gasteiger partial charge in [-0.3, -0.25) is 4.79 Å². The number of nitrogens with one attached hydrogen (secondary N) is 1. The largest absolute Gasteiger partial charge is 0.373 e. The van der Waals surface area contributed by atoms with Crippen molar-refractivity contribution in [2.24, 2.45) is 0 Å². The van der Waals surface area contributed by atoms with Gasteiger partial charge in [0.15, 0.2) is 0 Å². The van der Waals surface area contributed by atoms with Crippen molar-refractivity contribution in [1.82, 2.24) is 9.88 Å². The number of pyridine rings is 1. The quantitative estimate of drug-likeness (QED) is 0.919. The second kappa shape index (κ2) is 6.92. The molecule has 0 bridgehead atoms. The normalized spacial score (nSPS) is 17.7. The highest BCUT2D eigenvalue weighted by Crippen LogP contribution is 2.33. The van der Waals surface area contributed by atoms with E-state index in [1.165, 1.54) is 10.4 Å². The Morgan fingerprint density at radius 2 is 2.41 bits per heavy atom. The summed E-state index contributed by atoms with van der Waals surface area (Å²) in [6, 6.07) is 8.41. The first kappa shape index (κ1) is 15.0. The number of hydrogen-bond donors (Lipinski definition) is 1. The van der Waals surface area contributed by atoms with Crippen LogP contribution in [-0.2, 0) is 11.2 Å². The first-order chi connectivity index (χ1) is 10.8.